The van der Waals surface area contributed by atoms with E-state index in [9.17, 15) is 0 Å². The first-order valence-corrected chi connectivity index (χ1v) is 44.9. The van der Waals surface area contributed by atoms with Crippen LogP contribution in [0.1, 0.15) is 374 Å². The lowest BCUT2D eigenvalue weighted by Crippen LogP contribution is -2.25. The van der Waals surface area contributed by atoms with Gasteiger partial charge in [-0.05, 0) is 188 Å². The number of aryl methyl sites for hydroxylation is 2. The first kappa shape index (κ1) is 91.3. The number of ether oxygens (including phenoxy) is 6. The summed E-state index contributed by atoms with van der Waals surface area (Å²) in [6.45, 7) is 45.3. The Morgan fingerprint density at radius 2 is 0.704 bits per heavy atom. The van der Waals surface area contributed by atoms with E-state index < -0.39 is 0 Å². The minimum absolute atomic E-state index is 0.0613. The Kier molecular flexibility index (Phi) is 42.6. The molecule has 108 heavy (non-hydrogen) atoms. The van der Waals surface area contributed by atoms with Crippen LogP contribution in [0.5, 0.6) is 34.5 Å². The monoisotopic (exact) mass is 1480 g/mol. The van der Waals surface area contributed by atoms with Crippen LogP contribution in [0.25, 0.3) is 46.6 Å². The topological polar surface area (TPSA) is 55.4 Å². The molecule has 0 aromatic heterocycles. The zero-order chi connectivity index (χ0) is 78.2. The molecule has 0 radical (unpaired) electrons. The first-order chi connectivity index (χ1) is 52.1. The third-order valence-electron chi connectivity index (χ3n) is 23.8. The predicted octanol–water partition coefficient (Wildman–Crippen LogP) is 31.6. The van der Waals surface area contributed by atoms with Gasteiger partial charge < -0.3 is 28.4 Å². The van der Waals surface area contributed by atoms with E-state index in [0.717, 1.165) is 125 Å². The predicted molar refractivity (Wildman–Crippen MR) is 472 cm³/mol. The Labute approximate surface area is 664 Å². The molecule has 6 rings (SSSR count). The second kappa shape index (κ2) is 50.4. The molecule has 5 aromatic rings. The molecule has 0 amide bonds. The van der Waals surface area contributed by atoms with E-state index in [-0.39, 0.29) is 5.41 Å². The van der Waals surface area contributed by atoms with Crippen molar-refractivity contribution in [2.75, 3.05) is 40.1 Å². The molecule has 0 aliphatic heterocycles. The lowest BCUT2D eigenvalue weighted by atomic mass is 9.70. The molecule has 0 saturated carbocycles. The Hall–Kier alpha value is -5.62. The molecule has 6 nitrogen and oxygen atoms in total. The number of methoxy groups -OCH3 is 1. The van der Waals surface area contributed by atoms with Crippen molar-refractivity contribution in [3.05, 3.63) is 117 Å². The summed E-state index contributed by atoms with van der Waals surface area (Å²) >= 11 is 0. The van der Waals surface area contributed by atoms with Gasteiger partial charge >= 0.3 is 0 Å². The zero-order valence-corrected chi connectivity index (χ0v) is 73.0. The Balaban J connectivity index is 1.52. The molecule has 0 N–H and O–H groups in total. The summed E-state index contributed by atoms with van der Waals surface area (Å²) in [5, 5.41) is 0. The second-order valence-corrected chi connectivity index (χ2v) is 35.8. The Morgan fingerprint density at radius 3 is 1.16 bits per heavy atom. The fraction of sp³-hybridized carbons (Fsp3) is 0.667. The minimum Gasteiger partial charge on any atom is -0.496 e. The molecule has 0 spiro atoms. The fourth-order valence-corrected chi connectivity index (χ4v) is 16.3. The van der Waals surface area contributed by atoms with Crippen molar-refractivity contribution in [1.82, 2.24) is 0 Å². The molecule has 5 unspecified atom stereocenters. The van der Waals surface area contributed by atoms with Gasteiger partial charge in [0.15, 0.2) is 0 Å². The molecule has 1 aliphatic carbocycles. The smallest absolute Gasteiger partial charge is 0.127 e. The van der Waals surface area contributed by atoms with Crippen LogP contribution in [0.4, 0.5) is 0 Å². The maximum absolute atomic E-state index is 7.33. The van der Waals surface area contributed by atoms with Crippen molar-refractivity contribution in [2.24, 2.45) is 53.3 Å². The standard InChI is InChI=1S/C102H160O6/c1-20-24-27-29-31-33-60-102(61-34-32-30-28-25-21-2)94-66-83(17)48-54-91(94)92-55-53-86(68-95(92)102)93-73-100(106-64-58-81(15)45-37-41-77(9)10)90(72-101(93)107-65-59-82(16)46-38-42-78(11)12)52-51-89-70-97(103-19)87(71-99(89)108-74-85(23-4)47-26-22-3)49-50-88-69-96(104-62-56-79(13)43-35-39-75(5)6)84(18)67-98(88)105-63-57-80(14)44-36-40-76(7)8/h48-55,66-73,75-82,85H,20-47,56-65,74H2,1-19H3. The van der Waals surface area contributed by atoms with Gasteiger partial charge in [-0.15, -0.1) is 0 Å². The molecule has 0 bridgehead atoms. The highest BCUT2D eigenvalue weighted by atomic mass is 16.5. The SMILES string of the molecule is CCCCCCCCC1(CCCCCCCC)c2cc(C)ccc2-c2ccc(-c3cc(OCCC(C)CCCC(C)C)c(C=Cc4cc(OC)c(C=Cc5cc(OCCC(C)CCCC(C)C)c(C)cc5OCCC(C)CCCC(C)C)cc4OCC(CC)CCCC)cc3OCCC(C)CCCC(C)C)cc21. The Bertz CT molecular complexity index is 3340. The largest absolute Gasteiger partial charge is 0.496 e. The van der Waals surface area contributed by atoms with Crippen molar-refractivity contribution < 1.29 is 28.4 Å². The number of rotatable bonds is 59. The summed E-state index contributed by atoms with van der Waals surface area (Å²) in [5.41, 5.74) is 14.5. The van der Waals surface area contributed by atoms with Gasteiger partial charge in [-0.25, -0.2) is 0 Å². The minimum atomic E-state index is -0.0613. The highest BCUT2D eigenvalue weighted by Crippen LogP contribution is 2.56. The van der Waals surface area contributed by atoms with Crippen molar-refractivity contribution in [2.45, 2.75) is 348 Å². The van der Waals surface area contributed by atoms with Crippen molar-refractivity contribution in [3.63, 3.8) is 0 Å². The zero-order valence-electron chi connectivity index (χ0n) is 73.0. The summed E-state index contributed by atoms with van der Waals surface area (Å²) < 4.78 is 41.7. The van der Waals surface area contributed by atoms with Gasteiger partial charge in [0.25, 0.3) is 0 Å². The lowest BCUT2D eigenvalue weighted by molar-refractivity contribution is 0.232. The van der Waals surface area contributed by atoms with Crippen LogP contribution >= 0.6 is 0 Å². The van der Waals surface area contributed by atoms with Gasteiger partial charge in [0, 0.05) is 33.2 Å². The van der Waals surface area contributed by atoms with Gasteiger partial charge in [-0.2, -0.15) is 0 Å². The number of hydrogen-bond acceptors (Lipinski definition) is 6. The maximum Gasteiger partial charge on any atom is 0.127 e. The average Bonchev–Trinajstić information content (AvgIpc) is 1.56. The molecule has 1 aliphatic rings. The van der Waals surface area contributed by atoms with E-state index in [2.05, 4.69) is 222 Å². The van der Waals surface area contributed by atoms with Crippen LogP contribution in [0.2, 0.25) is 0 Å². The van der Waals surface area contributed by atoms with E-state index in [0.29, 0.717) is 74.5 Å². The summed E-state index contributed by atoms with van der Waals surface area (Å²) in [4.78, 5) is 0. The average molecular weight is 1480 g/mol. The third-order valence-corrected chi connectivity index (χ3v) is 23.8. The van der Waals surface area contributed by atoms with Crippen LogP contribution in [-0.4, -0.2) is 40.1 Å². The molecule has 5 aromatic carbocycles. The summed E-state index contributed by atoms with van der Waals surface area (Å²) in [6.07, 6.45) is 50.3. The van der Waals surface area contributed by atoms with E-state index in [4.69, 9.17) is 28.4 Å². The Morgan fingerprint density at radius 1 is 0.324 bits per heavy atom. The quantitative estimate of drug-likeness (QED) is 0.0286. The van der Waals surface area contributed by atoms with Crippen LogP contribution in [0.15, 0.2) is 72.8 Å². The van der Waals surface area contributed by atoms with Gasteiger partial charge in [-0.3, -0.25) is 0 Å². The first-order valence-electron chi connectivity index (χ1n) is 44.9. The van der Waals surface area contributed by atoms with Gasteiger partial charge in [0.05, 0.1) is 40.1 Å². The molecule has 5 atom stereocenters. The normalized spacial score (nSPS) is 14.2. The van der Waals surface area contributed by atoms with Crippen LogP contribution in [-0.2, 0) is 5.41 Å². The molecule has 0 saturated heterocycles. The van der Waals surface area contributed by atoms with Crippen LogP contribution in [0.3, 0.4) is 0 Å². The molecular formula is C102H160O6. The van der Waals surface area contributed by atoms with Crippen LogP contribution < -0.4 is 28.4 Å². The molecule has 6 heteroatoms. The molecule has 0 fully saturated rings. The van der Waals surface area contributed by atoms with E-state index in [1.165, 1.54) is 201 Å². The summed E-state index contributed by atoms with van der Waals surface area (Å²) in [7, 11) is 1.80. The van der Waals surface area contributed by atoms with E-state index >= 15 is 0 Å². The number of benzene rings is 5. The summed E-state index contributed by atoms with van der Waals surface area (Å²) in [5.74, 6) is 10.8. The lowest BCUT2D eigenvalue weighted by Gasteiger charge is -2.33. The number of fused-ring (bicyclic) bond motifs is 3. The van der Waals surface area contributed by atoms with E-state index in [1.54, 1.807) is 12.7 Å². The molecule has 0 heterocycles. The van der Waals surface area contributed by atoms with Gasteiger partial charge in [-0.1, -0.05) is 344 Å². The molecular weight excluding hydrogens is 1320 g/mol. The van der Waals surface area contributed by atoms with Crippen molar-refractivity contribution in [3.8, 4) is 56.8 Å². The second-order valence-electron chi connectivity index (χ2n) is 35.8. The fourth-order valence-electron chi connectivity index (χ4n) is 16.3. The summed E-state index contributed by atoms with van der Waals surface area (Å²) in [6, 6.07) is 28.3. The van der Waals surface area contributed by atoms with Gasteiger partial charge in [0.1, 0.15) is 34.5 Å². The highest BCUT2D eigenvalue weighted by molar-refractivity contribution is 5.87. The number of unbranched alkanes of at least 4 members (excludes halogenated alkanes) is 11. The van der Waals surface area contributed by atoms with Crippen molar-refractivity contribution >= 4 is 24.3 Å². The van der Waals surface area contributed by atoms with Crippen LogP contribution in [0, 0.1) is 67.1 Å². The highest BCUT2D eigenvalue weighted by Gasteiger charge is 2.43. The third kappa shape index (κ3) is 31.5. The van der Waals surface area contributed by atoms with Crippen molar-refractivity contribution in [1.29, 1.82) is 0 Å². The maximum atomic E-state index is 7.33. The van der Waals surface area contributed by atoms with Gasteiger partial charge in [0.2, 0.25) is 0 Å². The number of hydrogen-bond donors (Lipinski definition) is 0. The van der Waals surface area contributed by atoms with E-state index in [1.807, 2.05) is 0 Å². The molecule has 604 valence electrons.